The number of hydrogen-bond acceptors (Lipinski definition) is 6. The first-order chi connectivity index (χ1) is 17.9. The number of aryl methyl sites for hydroxylation is 2. The molecule has 0 unspecified atom stereocenters. The Labute approximate surface area is 218 Å². The van der Waals surface area contributed by atoms with Gasteiger partial charge in [0.05, 0.1) is 22.6 Å². The molecule has 0 spiro atoms. The maximum Gasteiger partial charge on any atom is 0.266 e. The maximum atomic E-state index is 12.8. The van der Waals surface area contributed by atoms with Crippen LogP contribution in [0.1, 0.15) is 38.8 Å². The molecule has 0 atom stereocenters. The van der Waals surface area contributed by atoms with Gasteiger partial charge in [0.1, 0.15) is 0 Å². The van der Waals surface area contributed by atoms with E-state index in [1.54, 1.807) is 36.4 Å². The average Bonchev–Trinajstić information content (AvgIpc) is 3.43. The summed E-state index contributed by atoms with van der Waals surface area (Å²) in [7, 11) is 0. The smallest absolute Gasteiger partial charge is 0.266 e. The second kappa shape index (κ2) is 10.0. The molecule has 0 bridgehead atoms. The van der Waals surface area contributed by atoms with Gasteiger partial charge in [-0.2, -0.15) is 0 Å². The molecule has 2 heterocycles. The third-order valence-corrected chi connectivity index (χ3v) is 7.30. The minimum Gasteiger partial charge on any atom is -0.325 e. The number of anilines is 2. The van der Waals surface area contributed by atoms with Crippen molar-refractivity contribution < 1.29 is 14.4 Å². The zero-order valence-electron chi connectivity index (χ0n) is 20.7. The first-order valence-electron chi connectivity index (χ1n) is 11.9. The van der Waals surface area contributed by atoms with E-state index in [0.717, 1.165) is 16.8 Å². The van der Waals surface area contributed by atoms with E-state index in [2.05, 4.69) is 15.5 Å². The van der Waals surface area contributed by atoms with Crippen molar-refractivity contribution in [1.82, 2.24) is 14.8 Å². The molecule has 5 rings (SSSR count). The minimum atomic E-state index is -0.331. The number of carbonyl (C=O) groups excluding carboxylic acids is 3. The van der Waals surface area contributed by atoms with Crippen LogP contribution in [0.15, 0.2) is 71.9 Å². The fourth-order valence-electron chi connectivity index (χ4n) is 4.22. The molecule has 3 amide bonds. The average molecular weight is 512 g/mol. The van der Waals surface area contributed by atoms with E-state index >= 15 is 0 Å². The predicted molar refractivity (Wildman–Crippen MR) is 144 cm³/mol. The van der Waals surface area contributed by atoms with Crippen LogP contribution in [-0.2, 0) is 11.3 Å². The fraction of sp³-hybridized carbons (Fsp3) is 0.179. The highest BCUT2D eigenvalue weighted by molar-refractivity contribution is 7.99. The van der Waals surface area contributed by atoms with Crippen molar-refractivity contribution in [3.63, 3.8) is 0 Å². The SMILES string of the molecule is CCn1c(SCC(=O)Nc2ccc(C)c(C)c2)nnc1-c1ccc(N2C(=O)c3ccccc3C2=O)cc1. The Morgan fingerprint density at radius 2 is 1.57 bits per heavy atom. The third-order valence-electron chi connectivity index (χ3n) is 6.33. The van der Waals surface area contributed by atoms with Crippen LogP contribution in [0.4, 0.5) is 11.4 Å². The summed E-state index contributed by atoms with van der Waals surface area (Å²) in [4.78, 5) is 39.3. The number of benzene rings is 3. The molecule has 0 saturated heterocycles. The number of imide groups is 1. The van der Waals surface area contributed by atoms with E-state index in [-0.39, 0.29) is 23.5 Å². The van der Waals surface area contributed by atoms with Crippen LogP contribution in [0, 0.1) is 13.8 Å². The van der Waals surface area contributed by atoms with Crippen LogP contribution in [0.5, 0.6) is 0 Å². The van der Waals surface area contributed by atoms with Gasteiger partial charge in [-0.1, -0.05) is 30.0 Å². The van der Waals surface area contributed by atoms with E-state index in [4.69, 9.17) is 0 Å². The van der Waals surface area contributed by atoms with Gasteiger partial charge in [-0.05, 0) is 80.4 Å². The summed E-state index contributed by atoms with van der Waals surface area (Å²) in [5.74, 6) is 0.0638. The summed E-state index contributed by atoms with van der Waals surface area (Å²) in [6.07, 6.45) is 0. The summed E-state index contributed by atoms with van der Waals surface area (Å²) in [5.41, 5.74) is 5.17. The van der Waals surface area contributed by atoms with Gasteiger partial charge < -0.3 is 9.88 Å². The van der Waals surface area contributed by atoms with Crippen molar-refractivity contribution in [2.45, 2.75) is 32.5 Å². The van der Waals surface area contributed by atoms with Crippen molar-refractivity contribution in [3.05, 3.63) is 89.0 Å². The molecular weight excluding hydrogens is 486 g/mol. The number of rotatable bonds is 7. The Morgan fingerprint density at radius 1 is 0.892 bits per heavy atom. The monoisotopic (exact) mass is 511 g/mol. The van der Waals surface area contributed by atoms with E-state index in [9.17, 15) is 14.4 Å². The second-order valence-electron chi connectivity index (χ2n) is 8.72. The molecule has 9 heteroatoms. The number of nitrogens with zero attached hydrogens (tertiary/aromatic N) is 4. The number of aromatic nitrogens is 3. The quantitative estimate of drug-likeness (QED) is 0.273. The molecule has 1 aliphatic rings. The van der Waals surface area contributed by atoms with Gasteiger partial charge in [0.2, 0.25) is 5.91 Å². The molecule has 0 radical (unpaired) electrons. The van der Waals surface area contributed by atoms with Crippen molar-refractivity contribution in [2.75, 3.05) is 16.0 Å². The third kappa shape index (κ3) is 4.65. The fourth-order valence-corrected chi connectivity index (χ4v) is 5.03. The van der Waals surface area contributed by atoms with Crippen LogP contribution in [0.2, 0.25) is 0 Å². The van der Waals surface area contributed by atoms with Crippen LogP contribution >= 0.6 is 11.8 Å². The second-order valence-corrected chi connectivity index (χ2v) is 9.67. The van der Waals surface area contributed by atoms with E-state index in [1.165, 1.54) is 22.2 Å². The molecule has 8 nitrogen and oxygen atoms in total. The Kier molecular flexibility index (Phi) is 6.62. The maximum absolute atomic E-state index is 12.8. The molecule has 1 aliphatic heterocycles. The van der Waals surface area contributed by atoms with Gasteiger partial charge in [-0.3, -0.25) is 14.4 Å². The molecular formula is C28H25N5O3S. The molecule has 37 heavy (non-hydrogen) atoms. The highest BCUT2D eigenvalue weighted by Crippen LogP contribution is 2.31. The number of carbonyl (C=O) groups is 3. The largest absolute Gasteiger partial charge is 0.325 e. The molecule has 186 valence electrons. The molecule has 4 aromatic rings. The molecule has 0 aliphatic carbocycles. The van der Waals surface area contributed by atoms with Crippen LogP contribution < -0.4 is 10.2 Å². The van der Waals surface area contributed by atoms with Gasteiger partial charge in [0.15, 0.2) is 11.0 Å². The van der Waals surface area contributed by atoms with Gasteiger partial charge >= 0.3 is 0 Å². The molecule has 0 saturated carbocycles. The predicted octanol–water partition coefficient (Wildman–Crippen LogP) is 5.11. The van der Waals surface area contributed by atoms with Crippen LogP contribution in [0.25, 0.3) is 11.4 Å². The first-order valence-corrected chi connectivity index (χ1v) is 12.9. The molecule has 1 aromatic heterocycles. The molecule has 0 fully saturated rings. The van der Waals surface area contributed by atoms with Gasteiger partial charge in [-0.15, -0.1) is 10.2 Å². The Bertz CT molecular complexity index is 1490. The number of hydrogen-bond donors (Lipinski definition) is 1. The first kappa shape index (κ1) is 24.5. The van der Waals surface area contributed by atoms with Gasteiger partial charge in [-0.25, -0.2) is 4.90 Å². The lowest BCUT2D eigenvalue weighted by Gasteiger charge is -2.14. The van der Waals surface area contributed by atoms with Crippen molar-refractivity contribution in [3.8, 4) is 11.4 Å². The molecule has 3 aromatic carbocycles. The highest BCUT2D eigenvalue weighted by Gasteiger charge is 2.36. The topological polar surface area (TPSA) is 97.2 Å². The van der Waals surface area contributed by atoms with Crippen molar-refractivity contribution in [2.24, 2.45) is 0 Å². The Hall–Kier alpha value is -4.24. The Balaban J connectivity index is 1.29. The van der Waals surface area contributed by atoms with Gasteiger partial charge in [0, 0.05) is 17.8 Å². The summed E-state index contributed by atoms with van der Waals surface area (Å²) in [6, 6.07) is 19.7. The zero-order chi connectivity index (χ0) is 26.1. The number of thioether (sulfide) groups is 1. The highest BCUT2D eigenvalue weighted by atomic mass is 32.2. The number of amides is 3. The Morgan fingerprint density at radius 3 is 2.19 bits per heavy atom. The minimum absolute atomic E-state index is 0.120. The summed E-state index contributed by atoms with van der Waals surface area (Å²) >= 11 is 1.32. The summed E-state index contributed by atoms with van der Waals surface area (Å²) in [5, 5.41) is 12.2. The van der Waals surface area contributed by atoms with E-state index < -0.39 is 0 Å². The van der Waals surface area contributed by atoms with Crippen molar-refractivity contribution >= 4 is 40.9 Å². The lowest BCUT2D eigenvalue weighted by Crippen LogP contribution is -2.29. The van der Waals surface area contributed by atoms with Gasteiger partial charge in [0.25, 0.3) is 11.8 Å². The van der Waals surface area contributed by atoms with Crippen LogP contribution in [-0.4, -0.2) is 38.2 Å². The summed E-state index contributed by atoms with van der Waals surface area (Å²) < 4.78 is 1.94. The number of fused-ring (bicyclic) bond motifs is 1. The van der Waals surface area contributed by atoms with Crippen molar-refractivity contribution in [1.29, 1.82) is 0 Å². The van der Waals surface area contributed by atoms with Crippen LogP contribution in [0.3, 0.4) is 0 Å². The lowest BCUT2D eigenvalue weighted by atomic mass is 10.1. The zero-order valence-corrected chi connectivity index (χ0v) is 21.5. The standard InChI is InChI=1S/C28H25N5O3S/c1-4-32-25(30-31-28(32)37-16-24(34)29-20-12-9-17(2)18(3)15-20)19-10-13-21(14-11-19)33-26(35)22-7-5-6-8-23(22)27(33)36/h5-15H,4,16H2,1-3H3,(H,29,34). The van der Waals surface area contributed by atoms with E-state index in [1.807, 2.05) is 55.7 Å². The summed E-state index contributed by atoms with van der Waals surface area (Å²) in [6.45, 7) is 6.64. The molecule has 1 N–H and O–H groups in total. The normalized spacial score (nSPS) is 12.7. The van der Waals surface area contributed by atoms with E-state index in [0.29, 0.717) is 34.3 Å². The lowest BCUT2D eigenvalue weighted by molar-refractivity contribution is -0.113. The number of nitrogens with one attached hydrogen (secondary N) is 1.